The number of rotatable bonds is 15. The van der Waals surface area contributed by atoms with Crippen molar-refractivity contribution < 1.29 is 9.53 Å². The second kappa shape index (κ2) is 14.8. The van der Waals surface area contributed by atoms with Gasteiger partial charge in [0.15, 0.2) is 0 Å². The number of nitrogens with one attached hydrogen (secondary N) is 1. The lowest BCUT2D eigenvalue weighted by Gasteiger charge is -2.07. The van der Waals surface area contributed by atoms with Gasteiger partial charge in [0.05, 0.1) is 12.6 Å². The van der Waals surface area contributed by atoms with Gasteiger partial charge in [0.2, 0.25) is 5.91 Å². The number of hydrogen-bond donors (Lipinski definition) is 1. The van der Waals surface area contributed by atoms with Crippen molar-refractivity contribution in [2.75, 3.05) is 20.2 Å². The highest BCUT2D eigenvalue weighted by Crippen LogP contribution is 2.33. The van der Waals surface area contributed by atoms with E-state index >= 15 is 0 Å². The largest absolute Gasteiger partial charge is 0.497 e. The van der Waals surface area contributed by atoms with Crippen LogP contribution in [0.1, 0.15) is 100 Å². The summed E-state index contributed by atoms with van der Waals surface area (Å²) in [6, 6.07) is 6.08. The third kappa shape index (κ3) is 7.87. The highest BCUT2D eigenvalue weighted by molar-refractivity contribution is 5.95. The number of hydrogen-bond acceptors (Lipinski definition) is 3. The quantitative estimate of drug-likeness (QED) is 0.216. The van der Waals surface area contributed by atoms with E-state index < -0.39 is 0 Å². The van der Waals surface area contributed by atoms with Crippen molar-refractivity contribution in [2.45, 2.75) is 89.9 Å². The summed E-state index contributed by atoms with van der Waals surface area (Å²) in [7, 11) is 1.70. The fourth-order valence-corrected chi connectivity index (χ4v) is 4.86. The fourth-order valence-electron chi connectivity index (χ4n) is 4.86. The Morgan fingerprint density at radius 3 is 2.50 bits per heavy atom. The first-order valence-corrected chi connectivity index (χ1v) is 13.5. The third-order valence-electron chi connectivity index (χ3n) is 6.93. The van der Waals surface area contributed by atoms with E-state index in [4.69, 9.17) is 4.74 Å². The molecule has 0 amide bonds. The molecule has 0 spiro atoms. The van der Waals surface area contributed by atoms with Gasteiger partial charge in [0, 0.05) is 24.5 Å². The molecule has 1 atom stereocenters. The molecule has 4 nitrogen and oxygen atoms in total. The van der Waals surface area contributed by atoms with Gasteiger partial charge in [0.25, 0.3) is 0 Å². The molecule has 1 aliphatic heterocycles. The number of nitrogens with zero attached hydrogens (tertiary/aromatic N) is 1. The van der Waals surface area contributed by atoms with E-state index in [0.717, 1.165) is 55.4 Å². The summed E-state index contributed by atoms with van der Waals surface area (Å²) >= 11 is 0. The fraction of sp³-hybridized carbons (Fsp3) is 0.567. The number of unbranched alkanes of at least 4 members (excludes halogenated alkanes) is 8. The van der Waals surface area contributed by atoms with Crippen LogP contribution >= 0.6 is 0 Å². The number of fused-ring (bicyclic) bond motifs is 1. The van der Waals surface area contributed by atoms with Crippen LogP contribution in [0.5, 0.6) is 5.75 Å². The molecule has 2 aromatic rings. The lowest BCUT2D eigenvalue weighted by atomic mass is 9.98. The van der Waals surface area contributed by atoms with Gasteiger partial charge in [-0.05, 0) is 74.8 Å². The Labute approximate surface area is 206 Å². The van der Waals surface area contributed by atoms with Crippen LogP contribution < -0.4 is 10.1 Å². The van der Waals surface area contributed by atoms with Crippen LogP contribution in [0.3, 0.4) is 0 Å². The Balaban J connectivity index is 1.39. The van der Waals surface area contributed by atoms with Gasteiger partial charge in [-0.3, -0.25) is 9.36 Å². The molecule has 186 valence electrons. The molecule has 1 saturated heterocycles. The monoisotopic (exact) mass is 464 g/mol. The van der Waals surface area contributed by atoms with Crippen molar-refractivity contribution in [3.05, 3.63) is 54.3 Å². The van der Waals surface area contributed by atoms with Gasteiger partial charge in [-0.2, -0.15) is 0 Å². The third-order valence-corrected chi connectivity index (χ3v) is 6.93. The number of aromatic nitrogens is 1. The van der Waals surface area contributed by atoms with E-state index in [1.54, 1.807) is 7.11 Å². The summed E-state index contributed by atoms with van der Waals surface area (Å²) < 4.78 is 7.34. The maximum atomic E-state index is 13.1. The van der Waals surface area contributed by atoms with Gasteiger partial charge in [-0.1, -0.05) is 63.3 Å². The lowest BCUT2D eigenvalue weighted by Crippen LogP contribution is -2.09. The van der Waals surface area contributed by atoms with E-state index in [9.17, 15) is 4.79 Å². The van der Waals surface area contributed by atoms with Crippen molar-refractivity contribution in [1.82, 2.24) is 9.88 Å². The normalized spacial score (nSPS) is 16.4. The lowest BCUT2D eigenvalue weighted by molar-refractivity contribution is 0.0904. The number of benzene rings is 1. The first kappa shape index (κ1) is 26.3. The Morgan fingerprint density at radius 1 is 1.06 bits per heavy atom. The average molecular weight is 465 g/mol. The molecule has 0 radical (unpaired) electrons. The van der Waals surface area contributed by atoms with Crippen LogP contribution in [-0.2, 0) is 0 Å². The van der Waals surface area contributed by atoms with Crippen LogP contribution in [0.15, 0.2) is 48.7 Å². The van der Waals surface area contributed by atoms with E-state index in [1.165, 1.54) is 50.5 Å². The van der Waals surface area contributed by atoms with Crippen molar-refractivity contribution >= 4 is 16.8 Å². The van der Waals surface area contributed by atoms with Gasteiger partial charge in [-0.15, -0.1) is 0 Å². The van der Waals surface area contributed by atoms with E-state index in [2.05, 4.69) is 48.8 Å². The maximum Gasteiger partial charge on any atom is 0.231 e. The summed E-state index contributed by atoms with van der Waals surface area (Å²) in [5.41, 5.74) is 2.29. The smallest absolute Gasteiger partial charge is 0.231 e. The Morgan fingerprint density at radius 2 is 1.79 bits per heavy atom. The summed E-state index contributed by atoms with van der Waals surface area (Å²) in [5.74, 6) is 1.53. The van der Waals surface area contributed by atoms with Crippen molar-refractivity contribution in [3.8, 4) is 5.75 Å². The molecule has 0 unspecified atom stereocenters. The molecular formula is C30H44N2O2. The molecule has 1 fully saturated rings. The van der Waals surface area contributed by atoms with Crippen molar-refractivity contribution in [1.29, 1.82) is 0 Å². The van der Waals surface area contributed by atoms with E-state index in [0.29, 0.717) is 12.3 Å². The number of carbonyl (C=O) groups is 1. The number of allylic oxidation sites excluding steroid dienone is 4. The van der Waals surface area contributed by atoms with Crippen LogP contribution in [0.25, 0.3) is 10.9 Å². The Hall–Kier alpha value is -2.33. The molecule has 3 rings (SSSR count). The predicted molar refractivity (Wildman–Crippen MR) is 144 cm³/mol. The highest BCUT2D eigenvalue weighted by Gasteiger charge is 2.23. The summed E-state index contributed by atoms with van der Waals surface area (Å²) in [6.07, 6.45) is 24.8. The molecule has 1 aromatic heterocycles. The van der Waals surface area contributed by atoms with Gasteiger partial charge < -0.3 is 10.1 Å². The van der Waals surface area contributed by atoms with Crippen molar-refractivity contribution in [2.24, 2.45) is 0 Å². The topological polar surface area (TPSA) is 43.3 Å². The second-order valence-electron chi connectivity index (χ2n) is 9.58. The minimum Gasteiger partial charge on any atom is -0.497 e. The zero-order valence-electron chi connectivity index (χ0n) is 21.4. The number of methoxy groups -OCH3 is 1. The van der Waals surface area contributed by atoms with Crippen LogP contribution in [0.4, 0.5) is 0 Å². The average Bonchev–Trinajstić information content (AvgIpc) is 3.51. The first-order chi connectivity index (χ1) is 16.7. The van der Waals surface area contributed by atoms with Crippen LogP contribution in [0.2, 0.25) is 0 Å². The molecule has 0 aliphatic carbocycles. The highest BCUT2D eigenvalue weighted by atomic mass is 16.5. The summed E-state index contributed by atoms with van der Waals surface area (Å²) in [6.45, 7) is 4.27. The van der Waals surface area contributed by atoms with Crippen LogP contribution in [-0.4, -0.2) is 30.7 Å². The molecule has 2 heterocycles. The van der Waals surface area contributed by atoms with Crippen molar-refractivity contribution in [3.63, 3.8) is 0 Å². The zero-order chi connectivity index (χ0) is 24.0. The molecule has 1 N–H and O–H groups in total. The summed E-state index contributed by atoms with van der Waals surface area (Å²) in [5, 5.41) is 4.61. The van der Waals surface area contributed by atoms with E-state index in [1.807, 2.05) is 16.7 Å². The molecule has 0 bridgehead atoms. The number of ether oxygens (including phenoxy) is 1. The Kier molecular flexibility index (Phi) is 11.5. The standard InChI is InChI=1S/C30H44N2O2/c1-3-4-5-6-7-8-9-10-11-12-13-14-15-16-17-30(33)32-24-28(25-20-21-31-23-25)27-22-26(34-2)18-19-29(27)32/h7-10,18-19,22,24-25,31H,3-6,11-17,20-21,23H2,1-2H3/b8-7-,10-9-/t25-/m0/s1. The summed E-state index contributed by atoms with van der Waals surface area (Å²) in [4.78, 5) is 13.1. The first-order valence-electron chi connectivity index (χ1n) is 13.5. The molecule has 1 aliphatic rings. The molecular weight excluding hydrogens is 420 g/mol. The Bertz CT molecular complexity index is 935. The molecule has 4 heteroatoms. The van der Waals surface area contributed by atoms with Gasteiger partial charge in [0.1, 0.15) is 5.75 Å². The number of carbonyl (C=O) groups excluding carboxylic acids is 1. The minimum atomic E-state index is 0.209. The zero-order valence-corrected chi connectivity index (χ0v) is 21.4. The molecule has 0 saturated carbocycles. The van der Waals surface area contributed by atoms with Crippen LogP contribution in [0, 0.1) is 0 Å². The molecule has 1 aromatic carbocycles. The predicted octanol–water partition coefficient (Wildman–Crippen LogP) is 7.79. The maximum absolute atomic E-state index is 13.1. The van der Waals surface area contributed by atoms with E-state index in [-0.39, 0.29) is 5.91 Å². The SMILES string of the molecule is CCCCC/C=C\C=C/CCCCCCCC(=O)n1cc([C@H]2CCNC2)c2cc(OC)ccc21. The minimum absolute atomic E-state index is 0.209. The molecule has 34 heavy (non-hydrogen) atoms. The van der Waals surface area contributed by atoms with Gasteiger partial charge >= 0.3 is 0 Å². The van der Waals surface area contributed by atoms with Gasteiger partial charge in [-0.25, -0.2) is 0 Å². The second-order valence-corrected chi connectivity index (χ2v) is 9.58.